The van der Waals surface area contributed by atoms with Gasteiger partial charge in [0.15, 0.2) is 0 Å². The van der Waals surface area contributed by atoms with Gasteiger partial charge in [0, 0.05) is 10.6 Å². The first kappa shape index (κ1) is 11.3. The zero-order valence-electron chi connectivity index (χ0n) is 6.67. The Balaban J connectivity index is 3.14. The monoisotopic (exact) mass is 251 g/mol. The summed E-state index contributed by atoms with van der Waals surface area (Å²) in [6, 6.07) is 4.29. The lowest BCUT2D eigenvalue weighted by molar-refractivity contribution is 0.106. The van der Waals surface area contributed by atoms with Crippen molar-refractivity contribution < 1.29 is 10.0 Å². The molecule has 14 heavy (non-hydrogen) atoms. The molecule has 0 saturated carbocycles. The number of benzene rings is 1. The first-order chi connectivity index (χ1) is 6.56. The Morgan fingerprint density at radius 1 is 1.36 bits per heavy atom. The molecular formula is C8H4Cl3NO2. The number of hydrogen-bond acceptors (Lipinski definition) is 3. The molecule has 0 amide bonds. The Bertz CT molecular complexity index is 404. The van der Waals surface area contributed by atoms with E-state index in [1.165, 1.54) is 18.2 Å². The fraction of sp³-hybridized carbons (Fsp3) is 0. The molecule has 0 radical (unpaired) electrons. The molecule has 0 heterocycles. The van der Waals surface area contributed by atoms with Crippen LogP contribution in [-0.4, -0.2) is 16.2 Å². The van der Waals surface area contributed by atoms with Crippen molar-refractivity contribution in [3.63, 3.8) is 0 Å². The van der Waals surface area contributed by atoms with Crippen molar-refractivity contribution in [2.75, 3.05) is 0 Å². The van der Waals surface area contributed by atoms with Gasteiger partial charge in [0.1, 0.15) is 0 Å². The summed E-state index contributed by atoms with van der Waals surface area (Å²) in [6.07, 6.45) is 0. The van der Waals surface area contributed by atoms with E-state index >= 15 is 0 Å². The first-order valence-corrected chi connectivity index (χ1v) is 4.57. The Labute approximate surface area is 94.9 Å². The molecule has 0 aliphatic carbocycles. The minimum atomic E-state index is -0.657. The number of carbonyl (C=O) groups is 1. The fourth-order valence-electron chi connectivity index (χ4n) is 0.830. The van der Waals surface area contributed by atoms with E-state index in [0.717, 1.165) is 0 Å². The van der Waals surface area contributed by atoms with Crippen LogP contribution < -0.4 is 0 Å². The first-order valence-electron chi connectivity index (χ1n) is 3.43. The average Bonchev–Trinajstić information content (AvgIpc) is 2.15. The molecule has 0 unspecified atom stereocenters. The van der Waals surface area contributed by atoms with Crippen LogP contribution in [0, 0.1) is 0 Å². The maximum absolute atomic E-state index is 11.4. The molecule has 1 N–H and O–H groups in total. The quantitative estimate of drug-likeness (QED) is 0.380. The Kier molecular flexibility index (Phi) is 3.75. The average molecular weight is 252 g/mol. The van der Waals surface area contributed by atoms with E-state index < -0.39 is 11.0 Å². The molecule has 6 heteroatoms. The van der Waals surface area contributed by atoms with Gasteiger partial charge in [0.05, 0.1) is 5.02 Å². The minimum Gasteiger partial charge on any atom is -0.410 e. The maximum Gasteiger partial charge on any atom is 0.227 e. The molecule has 1 aromatic rings. The van der Waals surface area contributed by atoms with Gasteiger partial charge in [-0.2, -0.15) is 0 Å². The van der Waals surface area contributed by atoms with Crippen molar-refractivity contribution in [3.8, 4) is 0 Å². The highest BCUT2D eigenvalue weighted by molar-refractivity contribution is 6.85. The molecule has 1 rings (SSSR count). The van der Waals surface area contributed by atoms with Crippen molar-refractivity contribution in [1.82, 2.24) is 0 Å². The second-order valence-corrected chi connectivity index (χ2v) is 3.55. The lowest BCUT2D eigenvalue weighted by atomic mass is 10.1. The van der Waals surface area contributed by atoms with Crippen molar-refractivity contribution in [1.29, 1.82) is 0 Å². The molecule has 0 aromatic heterocycles. The molecule has 0 atom stereocenters. The van der Waals surface area contributed by atoms with E-state index in [-0.39, 0.29) is 10.6 Å². The van der Waals surface area contributed by atoms with Crippen LogP contribution in [0.4, 0.5) is 0 Å². The maximum atomic E-state index is 11.4. The van der Waals surface area contributed by atoms with E-state index in [4.69, 9.17) is 40.0 Å². The molecule has 3 nitrogen and oxygen atoms in total. The normalized spacial score (nSPS) is 11.5. The zero-order chi connectivity index (χ0) is 10.7. The van der Waals surface area contributed by atoms with Crippen LogP contribution in [-0.2, 0) is 0 Å². The molecule has 0 aliphatic heterocycles. The lowest BCUT2D eigenvalue weighted by Gasteiger charge is -2.00. The van der Waals surface area contributed by atoms with Crippen molar-refractivity contribution in [2.24, 2.45) is 5.16 Å². The molecular weight excluding hydrogens is 248 g/mol. The highest BCUT2D eigenvalue weighted by Crippen LogP contribution is 2.22. The number of ketones is 1. The highest BCUT2D eigenvalue weighted by Gasteiger charge is 2.15. The Morgan fingerprint density at radius 3 is 2.50 bits per heavy atom. The molecule has 74 valence electrons. The van der Waals surface area contributed by atoms with Crippen LogP contribution in [0.15, 0.2) is 23.4 Å². The third-order valence-corrected chi connectivity index (χ3v) is 2.25. The lowest BCUT2D eigenvalue weighted by Crippen LogP contribution is -2.08. The van der Waals surface area contributed by atoms with E-state index in [1.54, 1.807) is 0 Å². The van der Waals surface area contributed by atoms with Gasteiger partial charge < -0.3 is 5.21 Å². The second-order valence-electron chi connectivity index (χ2n) is 2.34. The Morgan fingerprint density at radius 2 is 2.00 bits per heavy atom. The van der Waals surface area contributed by atoms with Gasteiger partial charge in [-0.3, -0.25) is 4.79 Å². The molecule has 0 aliphatic rings. The van der Waals surface area contributed by atoms with E-state index in [0.29, 0.717) is 5.02 Å². The summed E-state index contributed by atoms with van der Waals surface area (Å²) in [5, 5.41) is 10.9. The van der Waals surface area contributed by atoms with Gasteiger partial charge >= 0.3 is 0 Å². The number of nitrogens with zero attached hydrogens (tertiary/aromatic N) is 1. The summed E-state index contributed by atoms with van der Waals surface area (Å²) in [6.45, 7) is 0. The van der Waals surface area contributed by atoms with Crippen LogP contribution in [0.5, 0.6) is 0 Å². The molecule has 0 saturated heterocycles. The van der Waals surface area contributed by atoms with E-state index in [2.05, 4.69) is 5.16 Å². The minimum absolute atomic E-state index is 0.138. The van der Waals surface area contributed by atoms with E-state index in [1.807, 2.05) is 0 Å². The highest BCUT2D eigenvalue weighted by atomic mass is 35.5. The van der Waals surface area contributed by atoms with Crippen molar-refractivity contribution in [2.45, 2.75) is 0 Å². The summed E-state index contributed by atoms with van der Waals surface area (Å²) in [4.78, 5) is 11.4. The van der Waals surface area contributed by atoms with Crippen LogP contribution in [0.25, 0.3) is 0 Å². The van der Waals surface area contributed by atoms with Crippen molar-refractivity contribution in [3.05, 3.63) is 33.8 Å². The standard InChI is InChI=1S/C8H4Cl3NO2/c9-4-1-2-5(6(10)3-4)7(13)8(11)12-14/h1-3,14H/b12-8-. The van der Waals surface area contributed by atoms with Gasteiger partial charge in [0.25, 0.3) is 0 Å². The number of rotatable bonds is 2. The van der Waals surface area contributed by atoms with Crippen LogP contribution in [0.1, 0.15) is 10.4 Å². The van der Waals surface area contributed by atoms with Gasteiger partial charge in [0.2, 0.25) is 11.0 Å². The number of halogens is 3. The predicted molar refractivity (Wildman–Crippen MR) is 55.9 cm³/mol. The van der Waals surface area contributed by atoms with Gasteiger partial charge in [-0.25, -0.2) is 0 Å². The summed E-state index contributed by atoms with van der Waals surface area (Å²) in [5.41, 5.74) is 0.138. The third kappa shape index (κ3) is 2.38. The predicted octanol–water partition coefficient (Wildman–Crippen LogP) is 3.20. The molecule has 1 aromatic carbocycles. The second kappa shape index (κ2) is 4.64. The number of oxime groups is 1. The molecule has 0 fully saturated rings. The number of hydrogen-bond donors (Lipinski definition) is 1. The molecule has 0 spiro atoms. The smallest absolute Gasteiger partial charge is 0.227 e. The number of Topliss-reactive ketones (excluding diaryl/α,β-unsaturated/α-hetero) is 1. The fourth-order valence-corrected chi connectivity index (χ4v) is 1.43. The van der Waals surface area contributed by atoms with Crippen LogP contribution in [0.2, 0.25) is 10.0 Å². The third-order valence-electron chi connectivity index (χ3n) is 1.45. The SMILES string of the molecule is O=C(/C(Cl)=N/O)c1ccc(Cl)cc1Cl. The molecule has 0 bridgehead atoms. The largest absolute Gasteiger partial charge is 0.410 e. The summed E-state index contributed by atoms with van der Waals surface area (Å²) in [5.74, 6) is -0.657. The van der Waals surface area contributed by atoms with Crippen LogP contribution in [0.3, 0.4) is 0 Å². The van der Waals surface area contributed by atoms with Crippen molar-refractivity contribution >= 4 is 45.8 Å². The Hall–Kier alpha value is -0.770. The summed E-state index contributed by atoms with van der Waals surface area (Å²) in [7, 11) is 0. The van der Waals surface area contributed by atoms with Gasteiger partial charge in [-0.1, -0.05) is 40.0 Å². The van der Waals surface area contributed by atoms with Crippen LogP contribution >= 0.6 is 34.8 Å². The summed E-state index contributed by atoms with van der Waals surface area (Å²) < 4.78 is 0. The number of carbonyl (C=O) groups excluding carboxylic acids is 1. The summed E-state index contributed by atoms with van der Waals surface area (Å²) >= 11 is 16.7. The van der Waals surface area contributed by atoms with Gasteiger partial charge in [-0.05, 0) is 18.2 Å². The zero-order valence-corrected chi connectivity index (χ0v) is 8.94. The van der Waals surface area contributed by atoms with E-state index in [9.17, 15) is 4.79 Å². The van der Waals surface area contributed by atoms with Gasteiger partial charge in [-0.15, -0.1) is 0 Å². The topological polar surface area (TPSA) is 49.7 Å².